The van der Waals surface area contributed by atoms with Gasteiger partial charge in [0.25, 0.3) is 5.56 Å². The minimum absolute atomic E-state index is 0.0770. The number of carbonyl (C=O) groups excluding carboxylic acids is 1. The molecule has 3 N–H and O–H groups in total. The standard InChI is InChI=1S/C19H23FN4O4/c1-2-3-4-5-6-16(25)23-21-11-15-17(26)22-19(28)24(18(15)27)12-13-7-9-14(20)10-8-13/h7-11,27H,2-6,12H2,1H3,(H,23,25)(H,22,26,28)/b21-11+. The fraction of sp³-hybridized carbons (Fsp3) is 0.368. The SMILES string of the molecule is CCCCCCC(=O)N/N=C/c1c(O)n(Cc2ccc(F)cc2)c(=O)[nH]c1=O. The molecule has 0 radical (unpaired) electrons. The molecule has 0 aliphatic carbocycles. The molecule has 0 spiro atoms. The van der Waals surface area contributed by atoms with Crippen molar-refractivity contribution in [2.75, 3.05) is 0 Å². The molecule has 0 bridgehead atoms. The second-order valence-corrected chi connectivity index (χ2v) is 6.31. The molecule has 2 rings (SSSR count). The van der Waals surface area contributed by atoms with Gasteiger partial charge in [-0.3, -0.25) is 19.1 Å². The van der Waals surface area contributed by atoms with Crippen LogP contribution in [0.5, 0.6) is 5.88 Å². The van der Waals surface area contributed by atoms with Crippen molar-refractivity contribution in [3.63, 3.8) is 0 Å². The van der Waals surface area contributed by atoms with Crippen LogP contribution in [0.4, 0.5) is 4.39 Å². The van der Waals surface area contributed by atoms with Crippen LogP contribution in [0.2, 0.25) is 0 Å². The Morgan fingerprint density at radius 3 is 2.64 bits per heavy atom. The molecule has 1 aromatic heterocycles. The highest BCUT2D eigenvalue weighted by atomic mass is 19.1. The summed E-state index contributed by atoms with van der Waals surface area (Å²) in [5.41, 5.74) is 0.920. The molecule has 1 heterocycles. The van der Waals surface area contributed by atoms with Crippen LogP contribution in [0.3, 0.4) is 0 Å². The predicted octanol–water partition coefficient (Wildman–Crippen LogP) is 1.85. The minimum atomic E-state index is -0.834. The van der Waals surface area contributed by atoms with Crippen molar-refractivity contribution < 1.29 is 14.3 Å². The smallest absolute Gasteiger partial charge is 0.331 e. The Morgan fingerprint density at radius 1 is 1.25 bits per heavy atom. The van der Waals surface area contributed by atoms with Crippen molar-refractivity contribution in [2.45, 2.75) is 45.6 Å². The molecule has 0 saturated heterocycles. The summed E-state index contributed by atoms with van der Waals surface area (Å²) in [6.07, 6.45) is 5.10. The number of hydrogen-bond donors (Lipinski definition) is 3. The highest BCUT2D eigenvalue weighted by molar-refractivity contribution is 5.84. The number of rotatable bonds is 9. The number of amides is 1. The van der Waals surface area contributed by atoms with E-state index in [2.05, 4.69) is 22.4 Å². The third kappa shape index (κ3) is 5.90. The monoisotopic (exact) mass is 390 g/mol. The summed E-state index contributed by atoms with van der Waals surface area (Å²) in [7, 11) is 0. The largest absolute Gasteiger partial charge is 0.494 e. The van der Waals surface area contributed by atoms with Crippen molar-refractivity contribution in [2.24, 2.45) is 5.10 Å². The summed E-state index contributed by atoms with van der Waals surface area (Å²) in [5.74, 6) is -1.33. The molecule has 0 atom stereocenters. The Morgan fingerprint density at radius 2 is 1.96 bits per heavy atom. The molecule has 9 heteroatoms. The van der Waals surface area contributed by atoms with Crippen molar-refractivity contribution in [3.05, 3.63) is 62.0 Å². The van der Waals surface area contributed by atoms with Crippen LogP contribution in [0.25, 0.3) is 0 Å². The molecule has 28 heavy (non-hydrogen) atoms. The number of nitrogens with zero attached hydrogens (tertiary/aromatic N) is 2. The molecule has 0 fully saturated rings. The van der Waals surface area contributed by atoms with Gasteiger partial charge in [-0.15, -0.1) is 0 Å². The number of halogens is 1. The number of carbonyl (C=O) groups is 1. The van der Waals surface area contributed by atoms with Gasteiger partial charge in [0.15, 0.2) is 0 Å². The average molecular weight is 390 g/mol. The van der Waals surface area contributed by atoms with Crippen LogP contribution < -0.4 is 16.7 Å². The third-order valence-electron chi connectivity index (χ3n) is 4.10. The topological polar surface area (TPSA) is 117 Å². The number of nitrogens with one attached hydrogen (secondary N) is 2. The minimum Gasteiger partial charge on any atom is -0.494 e. The Balaban J connectivity index is 2.12. The predicted molar refractivity (Wildman–Crippen MR) is 103 cm³/mol. The Hall–Kier alpha value is -3.23. The Bertz CT molecular complexity index is 948. The quantitative estimate of drug-likeness (QED) is 0.344. The van der Waals surface area contributed by atoms with E-state index in [0.29, 0.717) is 12.0 Å². The first-order chi connectivity index (χ1) is 13.4. The van der Waals surface area contributed by atoms with Gasteiger partial charge < -0.3 is 5.11 Å². The van der Waals surface area contributed by atoms with E-state index >= 15 is 0 Å². The van der Waals surface area contributed by atoms with Gasteiger partial charge >= 0.3 is 5.69 Å². The van der Waals surface area contributed by atoms with E-state index in [1.807, 2.05) is 0 Å². The number of aromatic hydroxyl groups is 1. The summed E-state index contributed by atoms with van der Waals surface area (Å²) in [6.45, 7) is 2.00. The Labute approximate surface area is 160 Å². The molecule has 0 unspecified atom stereocenters. The molecule has 1 amide bonds. The molecular weight excluding hydrogens is 367 g/mol. The van der Waals surface area contributed by atoms with Crippen LogP contribution in [-0.2, 0) is 11.3 Å². The summed E-state index contributed by atoms with van der Waals surface area (Å²) >= 11 is 0. The number of benzene rings is 1. The van der Waals surface area contributed by atoms with Crippen LogP contribution in [0, 0.1) is 5.82 Å². The van der Waals surface area contributed by atoms with Crippen LogP contribution >= 0.6 is 0 Å². The Kier molecular flexibility index (Phi) is 7.67. The first-order valence-corrected chi connectivity index (χ1v) is 9.04. The van der Waals surface area contributed by atoms with E-state index in [9.17, 15) is 23.9 Å². The molecule has 0 aliphatic rings. The van der Waals surface area contributed by atoms with Gasteiger partial charge in [0, 0.05) is 6.42 Å². The fourth-order valence-corrected chi connectivity index (χ4v) is 2.55. The number of unbranched alkanes of at least 4 members (excludes halogenated alkanes) is 3. The molecule has 150 valence electrons. The molecule has 2 aromatic rings. The van der Waals surface area contributed by atoms with Crippen molar-refractivity contribution in [3.8, 4) is 5.88 Å². The lowest BCUT2D eigenvalue weighted by molar-refractivity contribution is -0.121. The normalized spacial score (nSPS) is 11.1. The average Bonchev–Trinajstić information content (AvgIpc) is 2.66. The molecule has 0 aliphatic heterocycles. The van der Waals surface area contributed by atoms with E-state index in [4.69, 9.17) is 0 Å². The summed E-state index contributed by atoms with van der Waals surface area (Å²) < 4.78 is 13.9. The van der Waals surface area contributed by atoms with E-state index in [1.54, 1.807) is 0 Å². The van der Waals surface area contributed by atoms with Crippen LogP contribution in [0.15, 0.2) is 39.0 Å². The van der Waals surface area contributed by atoms with Gasteiger partial charge in [0.1, 0.15) is 11.4 Å². The van der Waals surface area contributed by atoms with E-state index in [0.717, 1.165) is 36.5 Å². The van der Waals surface area contributed by atoms with Gasteiger partial charge in [-0.1, -0.05) is 38.3 Å². The molecular formula is C19H23FN4O4. The molecule has 0 saturated carbocycles. The lowest BCUT2D eigenvalue weighted by Gasteiger charge is -2.09. The lowest BCUT2D eigenvalue weighted by Crippen LogP contribution is -2.32. The van der Waals surface area contributed by atoms with E-state index in [-0.39, 0.29) is 18.0 Å². The lowest BCUT2D eigenvalue weighted by atomic mass is 10.1. The number of hydrazone groups is 1. The maximum absolute atomic E-state index is 13.0. The second kappa shape index (κ2) is 10.2. The second-order valence-electron chi connectivity index (χ2n) is 6.31. The zero-order valence-electron chi connectivity index (χ0n) is 15.6. The van der Waals surface area contributed by atoms with Crippen LogP contribution in [-0.4, -0.2) is 26.8 Å². The number of H-pyrrole nitrogens is 1. The zero-order valence-corrected chi connectivity index (χ0v) is 15.6. The van der Waals surface area contributed by atoms with Crippen LogP contribution in [0.1, 0.15) is 50.2 Å². The van der Waals surface area contributed by atoms with Crippen molar-refractivity contribution >= 4 is 12.1 Å². The van der Waals surface area contributed by atoms with E-state index in [1.165, 1.54) is 24.3 Å². The first kappa shape index (κ1) is 21.1. The number of aromatic nitrogens is 2. The summed E-state index contributed by atoms with van der Waals surface area (Å²) in [5, 5.41) is 14.0. The fourth-order valence-electron chi connectivity index (χ4n) is 2.55. The number of aromatic amines is 1. The first-order valence-electron chi connectivity index (χ1n) is 9.04. The highest BCUT2D eigenvalue weighted by Gasteiger charge is 2.13. The summed E-state index contributed by atoms with van der Waals surface area (Å²) in [4.78, 5) is 37.7. The highest BCUT2D eigenvalue weighted by Crippen LogP contribution is 2.11. The van der Waals surface area contributed by atoms with Gasteiger partial charge in [-0.05, 0) is 24.1 Å². The van der Waals surface area contributed by atoms with Gasteiger partial charge in [0.05, 0.1) is 12.8 Å². The van der Waals surface area contributed by atoms with Gasteiger partial charge in [0.2, 0.25) is 11.8 Å². The molecule has 1 aromatic carbocycles. The van der Waals surface area contributed by atoms with Gasteiger partial charge in [-0.2, -0.15) is 5.10 Å². The number of hydrogen-bond acceptors (Lipinski definition) is 5. The van der Waals surface area contributed by atoms with Crippen molar-refractivity contribution in [1.82, 2.24) is 15.0 Å². The van der Waals surface area contributed by atoms with Gasteiger partial charge in [-0.25, -0.2) is 14.6 Å². The summed E-state index contributed by atoms with van der Waals surface area (Å²) in [6, 6.07) is 5.36. The third-order valence-corrected chi connectivity index (χ3v) is 4.10. The molecule has 8 nitrogen and oxygen atoms in total. The zero-order chi connectivity index (χ0) is 20.5. The maximum Gasteiger partial charge on any atom is 0.331 e. The van der Waals surface area contributed by atoms with Crippen molar-refractivity contribution in [1.29, 1.82) is 0 Å². The van der Waals surface area contributed by atoms with E-state index < -0.39 is 22.9 Å². The maximum atomic E-state index is 13.0.